The normalized spacial score (nSPS) is 10.1. The van der Waals surface area contributed by atoms with Gasteiger partial charge in [0.1, 0.15) is 0 Å². The van der Waals surface area contributed by atoms with Crippen LogP contribution in [0.25, 0.3) is 0 Å². The highest BCUT2D eigenvalue weighted by Gasteiger charge is 2.18. The molecule has 0 unspecified atom stereocenters. The molecule has 2 N–H and O–H groups in total. The molecular formula is C10H8N4O4. The largest absolute Gasteiger partial charge is 0.478 e. The van der Waals surface area contributed by atoms with E-state index in [9.17, 15) is 9.59 Å². The summed E-state index contributed by atoms with van der Waals surface area (Å²) in [6.07, 6.45) is 2.41. The van der Waals surface area contributed by atoms with Crippen LogP contribution in [0.1, 0.15) is 26.6 Å². The summed E-state index contributed by atoms with van der Waals surface area (Å²) in [7, 11) is 0. The number of aromatic nitrogens is 3. The number of rotatable bonds is 3. The van der Waals surface area contributed by atoms with Crippen LogP contribution in [0, 0.1) is 6.92 Å². The van der Waals surface area contributed by atoms with Crippen LogP contribution in [0.15, 0.2) is 22.9 Å². The second kappa shape index (κ2) is 4.62. The van der Waals surface area contributed by atoms with Crippen LogP contribution in [-0.4, -0.2) is 32.2 Å². The lowest BCUT2D eigenvalue weighted by Crippen LogP contribution is -2.16. The van der Waals surface area contributed by atoms with Crippen LogP contribution in [0.4, 0.5) is 6.01 Å². The standard InChI is InChI=1S/C10H8N4O4/c1-5-13-14-10(18-5)12-8(15)6-2-3-11-4-7(6)9(16)17/h2-4H,1H3,(H,16,17)(H,12,14,15). The fourth-order valence-corrected chi connectivity index (χ4v) is 1.27. The minimum absolute atomic E-state index is 0.0339. The van der Waals surface area contributed by atoms with Gasteiger partial charge in [-0.3, -0.25) is 15.1 Å². The van der Waals surface area contributed by atoms with Gasteiger partial charge in [0.05, 0.1) is 11.1 Å². The predicted molar refractivity (Wildman–Crippen MR) is 58.2 cm³/mol. The summed E-state index contributed by atoms with van der Waals surface area (Å²) in [6.45, 7) is 1.57. The van der Waals surface area contributed by atoms with Gasteiger partial charge in [-0.25, -0.2) is 4.79 Å². The zero-order chi connectivity index (χ0) is 13.1. The smallest absolute Gasteiger partial charge is 0.338 e. The third-order valence-electron chi connectivity index (χ3n) is 2.04. The average molecular weight is 248 g/mol. The lowest BCUT2D eigenvalue weighted by Gasteiger charge is -2.03. The van der Waals surface area contributed by atoms with Gasteiger partial charge in [-0.1, -0.05) is 5.10 Å². The third-order valence-corrected chi connectivity index (χ3v) is 2.04. The summed E-state index contributed by atoms with van der Waals surface area (Å²) in [6, 6.07) is 1.20. The average Bonchev–Trinajstić information content (AvgIpc) is 2.74. The SMILES string of the molecule is Cc1nnc(NC(=O)c2ccncc2C(=O)O)o1. The third kappa shape index (κ3) is 2.32. The number of carboxylic acids is 1. The number of aryl methyl sites for hydroxylation is 1. The van der Waals surface area contributed by atoms with Crippen LogP contribution < -0.4 is 5.32 Å². The van der Waals surface area contributed by atoms with Gasteiger partial charge in [0.2, 0.25) is 5.89 Å². The molecule has 0 fully saturated rings. The molecule has 0 atom stereocenters. The van der Waals surface area contributed by atoms with Crippen LogP contribution in [-0.2, 0) is 0 Å². The van der Waals surface area contributed by atoms with Crippen molar-refractivity contribution in [2.75, 3.05) is 5.32 Å². The summed E-state index contributed by atoms with van der Waals surface area (Å²) in [5, 5.41) is 18.3. The van der Waals surface area contributed by atoms with Crippen molar-refractivity contribution in [3.63, 3.8) is 0 Å². The van der Waals surface area contributed by atoms with Crippen molar-refractivity contribution in [2.45, 2.75) is 6.92 Å². The Balaban J connectivity index is 2.26. The summed E-state index contributed by atoms with van der Waals surface area (Å²) in [5.41, 5.74) is -0.236. The number of hydrogen-bond acceptors (Lipinski definition) is 6. The molecule has 92 valence electrons. The molecule has 1 amide bonds. The molecule has 0 saturated carbocycles. The molecule has 0 saturated heterocycles. The predicted octanol–water partition coefficient (Wildman–Crippen LogP) is 0.724. The highest BCUT2D eigenvalue weighted by molar-refractivity contribution is 6.09. The number of carbonyl (C=O) groups is 2. The van der Waals surface area contributed by atoms with Gasteiger partial charge in [-0.05, 0) is 6.07 Å². The van der Waals surface area contributed by atoms with Gasteiger partial charge < -0.3 is 9.52 Å². The quantitative estimate of drug-likeness (QED) is 0.821. The van der Waals surface area contributed by atoms with Gasteiger partial charge in [-0.15, -0.1) is 5.10 Å². The number of anilines is 1. The van der Waals surface area contributed by atoms with E-state index in [0.717, 1.165) is 6.20 Å². The Bertz CT molecular complexity index is 607. The van der Waals surface area contributed by atoms with Crippen LogP contribution in [0.3, 0.4) is 0 Å². The summed E-state index contributed by atoms with van der Waals surface area (Å²) in [5.74, 6) is -1.60. The molecule has 0 aliphatic carbocycles. The first-order valence-electron chi connectivity index (χ1n) is 4.86. The first kappa shape index (κ1) is 11.7. The number of hydrogen-bond donors (Lipinski definition) is 2. The molecule has 0 aromatic carbocycles. The van der Waals surface area contributed by atoms with E-state index in [0.29, 0.717) is 5.89 Å². The Hall–Kier alpha value is -2.77. The van der Waals surface area contributed by atoms with E-state index in [1.807, 2.05) is 0 Å². The van der Waals surface area contributed by atoms with E-state index in [-0.39, 0.29) is 17.1 Å². The molecule has 2 aromatic rings. The number of aromatic carboxylic acids is 1. The number of carboxylic acid groups (broad SMARTS) is 1. The lowest BCUT2D eigenvalue weighted by molar-refractivity contribution is 0.0692. The molecule has 2 rings (SSSR count). The zero-order valence-corrected chi connectivity index (χ0v) is 9.25. The minimum atomic E-state index is -1.24. The first-order chi connectivity index (χ1) is 8.58. The molecular weight excluding hydrogens is 240 g/mol. The van der Waals surface area contributed by atoms with Crippen LogP contribution in [0.5, 0.6) is 0 Å². The van der Waals surface area contributed by atoms with Gasteiger partial charge in [0.25, 0.3) is 5.91 Å². The van der Waals surface area contributed by atoms with E-state index in [1.54, 1.807) is 6.92 Å². The van der Waals surface area contributed by atoms with E-state index in [2.05, 4.69) is 20.5 Å². The molecule has 8 heteroatoms. The van der Waals surface area contributed by atoms with Crippen molar-refractivity contribution in [2.24, 2.45) is 0 Å². The van der Waals surface area contributed by atoms with E-state index in [1.165, 1.54) is 12.3 Å². The zero-order valence-electron chi connectivity index (χ0n) is 9.25. The summed E-state index contributed by atoms with van der Waals surface area (Å²) >= 11 is 0. The Morgan fingerprint density at radius 3 is 2.72 bits per heavy atom. The Morgan fingerprint density at radius 2 is 2.11 bits per heavy atom. The summed E-state index contributed by atoms with van der Waals surface area (Å²) < 4.78 is 4.96. The molecule has 2 aromatic heterocycles. The monoisotopic (exact) mass is 248 g/mol. The Kier molecular flexibility index (Phi) is 3.00. The second-order valence-electron chi connectivity index (χ2n) is 3.31. The maximum atomic E-state index is 11.8. The Morgan fingerprint density at radius 1 is 1.33 bits per heavy atom. The fourth-order valence-electron chi connectivity index (χ4n) is 1.27. The molecule has 0 aliphatic rings. The topological polar surface area (TPSA) is 118 Å². The van der Waals surface area contributed by atoms with Crippen LogP contribution >= 0.6 is 0 Å². The number of nitrogens with zero attached hydrogens (tertiary/aromatic N) is 3. The summed E-state index contributed by atoms with van der Waals surface area (Å²) in [4.78, 5) is 26.4. The van der Waals surface area contributed by atoms with Crippen molar-refractivity contribution in [1.82, 2.24) is 15.2 Å². The van der Waals surface area contributed by atoms with Crippen molar-refractivity contribution < 1.29 is 19.1 Å². The van der Waals surface area contributed by atoms with Gasteiger partial charge >= 0.3 is 12.0 Å². The minimum Gasteiger partial charge on any atom is -0.478 e. The molecule has 0 spiro atoms. The van der Waals surface area contributed by atoms with Gasteiger partial charge in [-0.2, -0.15) is 0 Å². The van der Waals surface area contributed by atoms with Crippen LogP contribution in [0.2, 0.25) is 0 Å². The van der Waals surface area contributed by atoms with Gasteiger partial charge in [0.15, 0.2) is 0 Å². The first-order valence-corrected chi connectivity index (χ1v) is 4.86. The number of nitrogens with one attached hydrogen (secondary N) is 1. The molecule has 2 heterocycles. The van der Waals surface area contributed by atoms with E-state index < -0.39 is 11.9 Å². The van der Waals surface area contributed by atoms with E-state index in [4.69, 9.17) is 9.52 Å². The maximum absolute atomic E-state index is 11.8. The molecule has 18 heavy (non-hydrogen) atoms. The highest BCUT2D eigenvalue weighted by Crippen LogP contribution is 2.11. The van der Waals surface area contributed by atoms with Gasteiger partial charge in [0, 0.05) is 19.3 Å². The van der Waals surface area contributed by atoms with Crippen molar-refractivity contribution in [1.29, 1.82) is 0 Å². The Labute approximate surface area is 101 Å². The number of pyridine rings is 1. The van der Waals surface area contributed by atoms with E-state index >= 15 is 0 Å². The number of amides is 1. The molecule has 0 aliphatic heterocycles. The van der Waals surface area contributed by atoms with Crippen molar-refractivity contribution >= 4 is 17.9 Å². The maximum Gasteiger partial charge on any atom is 0.338 e. The van der Waals surface area contributed by atoms with Crippen molar-refractivity contribution in [3.8, 4) is 0 Å². The molecule has 0 bridgehead atoms. The second-order valence-corrected chi connectivity index (χ2v) is 3.31. The molecule has 8 nitrogen and oxygen atoms in total. The fraction of sp³-hybridized carbons (Fsp3) is 0.100. The highest BCUT2D eigenvalue weighted by atomic mass is 16.4. The lowest BCUT2D eigenvalue weighted by atomic mass is 10.1. The molecule has 0 radical (unpaired) electrons. The van der Waals surface area contributed by atoms with Crippen molar-refractivity contribution in [3.05, 3.63) is 35.5 Å². The number of carbonyl (C=O) groups excluding carboxylic acids is 1.